The van der Waals surface area contributed by atoms with E-state index in [1.807, 2.05) is 0 Å². The molecule has 0 nitrogen and oxygen atoms in total. The van der Waals surface area contributed by atoms with Gasteiger partial charge in [-0.25, -0.2) is 0 Å². The molecule has 0 aromatic rings. The van der Waals surface area contributed by atoms with E-state index in [9.17, 15) is 0 Å². The number of hydrogen-bond donors (Lipinski definition) is 0. The van der Waals surface area contributed by atoms with Crippen molar-refractivity contribution in [2.24, 2.45) is 0 Å². The monoisotopic (exact) mass is 108 g/mol. The van der Waals surface area contributed by atoms with Crippen LogP contribution in [-0.2, 0) is 0 Å². The van der Waals surface area contributed by atoms with Gasteiger partial charge in [-0.05, 0) is 0 Å². The second-order valence-electron chi connectivity index (χ2n) is 0. The van der Waals surface area contributed by atoms with Gasteiger partial charge in [-0.3, -0.25) is 0 Å². The molecule has 0 aliphatic carbocycles. The predicted molar refractivity (Wildman–Crippen MR) is 37.2 cm³/mol. The fourth-order valence-electron chi connectivity index (χ4n) is 0. The Morgan fingerprint density at radius 2 is 0.333 bits per heavy atom. The van der Waals surface area contributed by atoms with Crippen molar-refractivity contribution >= 4 is 46.1 Å². The van der Waals surface area contributed by atoms with Gasteiger partial charge < -0.3 is 29.7 Å². The van der Waals surface area contributed by atoms with Gasteiger partial charge in [-0.15, -0.1) is 0 Å². The van der Waals surface area contributed by atoms with Crippen LogP contribution < -0.4 is 0 Å². The van der Waals surface area contributed by atoms with Crippen molar-refractivity contribution in [2.45, 2.75) is 0 Å². The summed E-state index contributed by atoms with van der Waals surface area (Å²) in [5.41, 5.74) is 0. The Bertz CT molecular complexity index is 5.51. The molecule has 0 amide bonds. The summed E-state index contributed by atoms with van der Waals surface area (Å²) in [6.07, 6.45) is 0. The smallest absolute Gasteiger partial charge is 0.358 e. The van der Waals surface area contributed by atoms with Crippen molar-refractivity contribution in [1.82, 2.24) is 0 Å². The molecule has 0 aromatic carbocycles. The molecular weight excluding hydrogens is 96.7 g/mol. The van der Waals surface area contributed by atoms with Crippen molar-refractivity contribution in [3.05, 3.63) is 29.7 Å². The van der Waals surface area contributed by atoms with Gasteiger partial charge in [-0.2, -0.15) is 0 Å². The second-order valence-corrected chi connectivity index (χ2v) is 0. The molecule has 0 aliphatic heterocycles. The van der Waals surface area contributed by atoms with Crippen LogP contribution in [0.1, 0.15) is 0 Å². The van der Waals surface area contributed by atoms with Crippen LogP contribution in [0.5, 0.6) is 0 Å². The minimum absolute atomic E-state index is 0. The van der Waals surface area contributed by atoms with Crippen LogP contribution in [-0.4, -0.2) is 46.1 Å². The molecule has 0 bridgehead atoms. The van der Waals surface area contributed by atoms with Gasteiger partial charge in [0.2, 0.25) is 0 Å². The Kier molecular flexibility index (Phi) is 1940. The van der Waals surface area contributed by atoms with Crippen LogP contribution in [0.2, 0.25) is 0 Å². The van der Waals surface area contributed by atoms with Crippen molar-refractivity contribution in [2.75, 3.05) is 0 Å². The first-order valence-electron chi connectivity index (χ1n) is 0. The summed E-state index contributed by atoms with van der Waals surface area (Å²) in [7, 11) is 0. The molecule has 0 atom stereocenters. The summed E-state index contributed by atoms with van der Waals surface area (Å²) in [6.45, 7) is 0. The van der Waals surface area contributed by atoms with Crippen LogP contribution in [0.3, 0.4) is 0 Å². The van der Waals surface area contributed by atoms with Crippen LogP contribution >= 0.6 is 0 Å². The summed E-state index contributed by atoms with van der Waals surface area (Å²) in [5.74, 6) is 0. The van der Waals surface area contributed by atoms with E-state index in [0.29, 0.717) is 0 Å². The largest absolute Gasteiger partial charge is 2.00 e. The molecule has 0 unspecified atom stereocenters. The van der Waals surface area contributed by atoms with Gasteiger partial charge in [0.25, 0.3) is 0 Å². The van der Waals surface area contributed by atoms with Crippen molar-refractivity contribution in [1.29, 1.82) is 0 Å². The summed E-state index contributed by atoms with van der Waals surface area (Å²) in [5, 5.41) is 0. The summed E-state index contributed by atoms with van der Waals surface area (Å²) in [6, 6.07) is 0. The summed E-state index contributed by atoms with van der Waals surface area (Å²) < 4.78 is 0. The molecule has 0 spiro atoms. The van der Waals surface area contributed by atoms with Crippen LogP contribution in [0.15, 0.2) is 0 Å². The fourth-order valence-corrected chi connectivity index (χ4v) is 0. The zero-order valence-corrected chi connectivity index (χ0v) is 8.24. The Labute approximate surface area is 75.4 Å². The number of hydrogen-bond acceptors (Lipinski definition) is 0. The molecule has 0 heterocycles. The second kappa shape index (κ2) is 85.1. The van der Waals surface area contributed by atoms with E-state index in [-0.39, 0.29) is 75.8 Å². The molecule has 0 rings (SSSR count). The number of rotatable bonds is 0. The fraction of sp³-hybridized carbons (Fsp3) is 0. The van der Waals surface area contributed by atoms with E-state index in [1.54, 1.807) is 0 Å². The van der Waals surface area contributed by atoms with Crippen molar-refractivity contribution in [3.63, 3.8) is 0 Å². The van der Waals surface area contributed by atoms with E-state index in [2.05, 4.69) is 0 Å². The van der Waals surface area contributed by atoms with E-state index >= 15 is 0 Å². The first-order valence-corrected chi connectivity index (χ1v) is 0. The van der Waals surface area contributed by atoms with Gasteiger partial charge >= 0.3 is 46.1 Å². The molecule has 2 heteroatoms. The third kappa shape index (κ3) is 48.4. The van der Waals surface area contributed by atoms with E-state index in [0.717, 1.165) is 0 Å². The molecule has 32 valence electrons. The van der Waals surface area contributed by atoms with Gasteiger partial charge in [0.15, 0.2) is 0 Å². The van der Waals surface area contributed by atoms with Crippen molar-refractivity contribution in [3.8, 4) is 0 Å². The molecule has 0 radical (unpaired) electrons. The first kappa shape index (κ1) is 137. The van der Waals surface area contributed by atoms with E-state index in [4.69, 9.17) is 0 Å². The molecule has 0 aliphatic rings. The zero-order chi connectivity index (χ0) is 0. The quantitative estimate of drug-likeness (QED) is 0.322. The average Bonchev–Trinajstić information content (AvgIpc) is 0. The third-order valence-electron chi connectivity index (χ3n) is 0. The molecule has 6 heavy (non-hydrogen) atoms. The predicted octanol–water partition coefficient (Wildman–Crippen LogP) is 1.04. The molecule has 0 saturated heterocycles. The van der Waals surface area contributed by atoms with Gasteiger partial charge in [-0.1, -0.05) is 0 Å². The maximum absolute atomic E-state index is 0. The molecular formula is C4H12Mg2. The molecule has 0 N–H and O–H groups in total. The minimum atomic E-state index is 0. The standard InChI is InChI=1S/4CH3.2Mg/h4*1H3;;/q4*-1;2*+2. The average molecular weight is 109 g/mol. The Morgan fingerprint density at radius 3 is 0.333 bits per heavy atom. The molecule has 0 fully saturated rings. The minimum Gasteiger partial charge on any atom is -0.358 e. The Hall–Kier alpha value is 1.53. The molecule has 0 aromatic heterocycles. The maximum Gasteiger partial charge on any atom is 2.00 e. The summed E-state index contributed by atoms with van der Waals surface area (Å²) in [4.78, 5) is 0. The van der Waals surface area contributed by atoms with Gasteiger partial charge in [0, 0.05) is 0 Å². The third-order valence-corrected chi connectivity index (χ3v) is 0. The maximum atomic E-state index is 0. The normalized spacial score (nSPS) is 0. The van der Waals surface area contributed by atoms with Crippen LogP contribution in [0, 0.1) is 29.7 Å². The van der Waals surface area contributed by atoms with Crippen LogP contribution in [0.25, 0.3) is 0 Å². The van der Waals surface area contributed by atoms with E-state index < -0.39 is 0 Å². The summed E-state index contributed by atoms with van der Waals surface area (Å²) >= 11 is 0. The topological polar surface area (TPSA) is 0 Å². The zero-order valence-electron chi connectivity index (χ0n) is 5.41. The Balaban J connectivity index is 0. The Morgan fingerprint density at radius 1 is 0.333 bits per heavy atom. The molecule has 0 saturated carbocycles. The van der Waals surface area contributed by atoms with Crippen molar-refractivity contribution < 1.29 is 0 Å². The van der Waals surface area contributed by atoms with Gasteiger partial charge in [0.05, 0.1) is 0 Å². The first-order chi connectivity index (χ1) is 0. The van der Waals surface area contributed by atoms with E-state index in [1.165, 1.54) is 0 Å². The van der Waals surface area contributed by atoms with Gasteiger partial charge in [0.1, 0.15) is 0 Å². The van der Waals surface area contributed by atoms with Crippen LogP contribution in [0.4, 0.5) is 0 Å². The SMILES string of the molecule is [CH3-].[CH3-].[CH3-].[CH3-].[Mg+2].[Mg+2].